The molecular formula is C23H22O2. The van der Waals surface area contributed by atoms with Gasteiger partial charge in [0.15, 0.2) is 5.78 Å². The average Bonchev–Trinajstić information content (AvgIpc) is 3.02. The SMILES string of the molecule is C=CCC1(CC)OC(c2ccccc2)=C/C1=C\C(=O)c1ccccc1. The first-order chi connectivity index (χ1) is 12.2. The van der Waals surface area contributed by atoms with Crippen LogP contribution in [0.5, 0.6) is 0 Å². The number of carbonyl (C=O) groups is 1. The molecule has 1 unspecified atom stereocenters. The molecule has 0 aromatic heterocycles. The zero-order valence-electron chi connectivity index (χ0n) is 14.4. The molecule has 0 fully saturated rings. The fraction of sp³-hybridized carbons (Fsp3) is 0.174. The first-order valence-corrected chi connectivity index (χ1v) is 8.57. The number of ketones is 1. The molecule has 3 rings (SSSR count). The third kappa shape index (κ3) is 3.48. The van der Waals surface area contributed by atoms with Gasteiger partial charge in [-0.1, -0.05) is 73.7 Å². The fourth-order valence-electron chi connectivity index (χ4n) is 3.13. The molecule has 1 heterocycles. The summed E-state index contributed by atoms with van der Waals surface area (Å²) in [6.45, 7) is 5.95. The lowest BCUT2D eigenvalue weighted by atomic mass is 9.87. The number of allylic oxidation sites excluding steroid dienone is 1. The molecule has 0 amide bonds. The molecule has 2 aromatic rings. The van der Waals surface area contributed by atoms with Crippen molar-refractivity contribution in [3.63, 3.8) is 0 Å². The highest BCUT2D eigenvalue weighted by Gasteiger charge is 2.39. The Balaban J connectivity index is 2.02. The Morgan fingerprint density at radius 2 is 1.72 bits per heavy atom. The number of ether oxygens (including phenoxy) is 1. The second kappa shape index (κ2) is 7.35. The van der Waals surface area contributed by atoms with Gasteiger partial charge >= 0.3 is 0 Å². The summed E-state index contributed by atoms with van der Waals surface area (Å²) in [5.74, 6) is 0.795. The van der Waals surface area contributed by atoms with E-state index in [9.17, 15) is 4.79 Å². The minimum absolute atomic E-state index is 0.00773. The van der Waals surface area contributed by atoms with Gasteiger partial charge in [-0.15, -0.1) is 6.58 Å². The van der Waals surface area contributed by atoms with Crippen LogP contribution < -0.4 is 0 Å². The summed E-state index contributed by atoms with van der Waals surface area (Å²) in [7, 11) is 0. The van der Waals surface area contributed by atoms with Crippen molar-refractivity contribution in [3.8, 4) is 0 Å². The predicted octanol–water partition coefficient (Wildman–Crippen LogP) is 5.59. The Labute approximate surface area is 149 Å². The van der Waals surface area contributed by atoms with Crippen LogP contribution in [0, 0.1) is 0 Å². The molecule has 0 radical (unpaired) electrons. The van der Waals surface area contributed by atoms with E-state index < -0.39 is 5.60 Å². The Morgan fingerprint density at radius 3 is 2.32 bits per heavy atom. The molecule has 25 heavy (non-hydrogen) atoms. The second-order valence-corrected chi connectivity index (χ2v) is 6.15. The van der Waals surface area contributed by atoms with Gasteiger partial charge in [0.1, 0.15) is 11.4 Å². The van der Waals surface area contributed by atoms with Crippen LogP contribution in [0.1, 0.15) is 35.7 Å². The van der Waals surface area contributed by atoms with Crippen LogP contribution in [-0.4, -0.2) is 11.4 Å². The van der Waals surface area contributed by atoms with Crippen molar-refractivity contribution in [2.75, 3.05) is 0 Å². The average molecular weight is 330 g/mol. The van der Waals surface area contributed by atoms with E-state index in [1.54, 1.807) is 6.08 Å². The van der Waals surface area contributed by atoms with Gasteiger partial charge in [0, 0.05) is 23.1 Å². The molecule has 0 saturated heterocycles. The van der Waals surface area contributed by atoms with Crippen LogP contribution in [0.3, 0.4) is 0 Å². The van der Waals surface area contributed by atoms with Crippen LogP contribution in [0.4, 0.5) is 0 Å². The van der Waals surface area contributed by atoms with E-state index in [1.807, 2.05) is 72.8 Å². The molecule has 0 saturated carbocycles. The van der Waals surface area contributed by atoms with Gasteiger partial charge in [0.2, 0.25) is 0 Å². The monoisotopic (exact) mass is 330 g/mol. The highest BCUT2D eigenvalue weighted by molar-refractivity contribution is 6.05. The lowest BCUT2D eigenvalue weighted by Crippen LogP contribution is -2.29. The summed E-state index contributed by atoms with van der Waals surface area (Å²) in [6.07, 6.45) is 6.97. The molecule has 2 nitrogen and oxygen atoms in total. The van der Waals surface area contributed by atoms with Crippen LogP contribution in [0.25, 0.3) is 5.76 Å². The first kappa shape index (κ1) is 17.0. The molecule has 2 heteroatoms. The highest BCUT2D eigenvalue weighted by atomic mass is 16.5. The lowest BCUT2D eigenvalue weighted by molar-refractivity contribution is 0.0894. The van der Waals surface area contributed by atoms with E-state index in [1.165, 1.54) is 0 Å². The largest absolute Gasteiger partial charge is 0.482 e. The topological polar surface area (TPSA) is 26.3 Å². The van der Waals surface area contributed by atoms with E-state index >= 15 is 0 Å². The zero-order valence-corrected chi connectivity index (χ0v) is 14.4. The van der Waals surface area contributed by atoms with Crippen molar-refractivity contribution in [3.05, 3.63) is 102 Å². The van der Waals surface area contributed by atoms with Gasteiger partial charge in [0.25, 0.3) is 0 Å². The van der Waals surface area contributed by atoms with Gasteiger partial charge in [-0.2, -0.15) is 0 Å². The van der Waals surface area contributed by atoms with Crippen molar-refractivity contribution in [2.45, 2.75) is 25.4 Å². The normalized spacial score (nSPS) is 20.8. The quantitative estimate of drug-likeness (QED) is 0.392. The molecule has 0 spiro atoms. The number of rotatable bonds is 6. The smallest absolute Gasteiger partial charge is 0.186 e. The van der Waals surface area contributed by atoms with E-state index in [4.69, 9.17) is 4.74 Å². The van der Waals surface area contributed by atoms with Crippen molar-refractivity contribution in [1.82, 2.24) is 0 Å². The summed E-state index contributed by atoms with van der Waals surface area (Å²) in [6, 6.07) is 19.3. The Morgan fingerprint density at radius 1 is 1.08 bits per heavy atom. The maximum atomic E-state index is 12.7. The molecule has 1 atom stereocenters. The molecule has 126 valence electrons. The highest BCUT2D eigenvalue weighted by Crippen LogP contribution is 2.42. The Bertz CT molecular complexity index is 816. The first-order valence-electron chi connectivity index (χ1n) is 8.57. The third-order valence-corrected chi connectivity index (χ3v) is 4.57. The van der Waals surface area contributed by atoms with Crippen molar-refractivity contribution in [1.29, 1.82) is 0 Å². The van der Waals surface area contributed by atoms with Crippen LogP contribution in [-0.2, 0) is 4.74 Å². The van der Waals surface area contributed by atoms with Gasteiger partial charge in [-0.25, -0.2) is 0 Å². The van der Waals surface area contributed by atoms with Gasteiger partial charge < -0.3 is 4.74 Å². The molecule has 0 bridgehead atoms. The summed E-state index contributed by atoms with van der Waals surface area (Å²) in [4.78, 5) is 12.7. The minimum Gasteiger partial charge on any atom is -0.482 e. The number of carbonyl (C=O) groups excluding carboxylic acids is 1. The maximum Gasteiger partial charge on any atom is 0.186 e. The molecule has 2 aromatic carbocycles. The van der Waals surface area contributed by atoms with Crippen LogP contribution in [0.2, 0.25) is 0 Å². The Kier molecular flexibility index (Phi) is 4.99. The summed E-state index contributed by atoms with van der Waals surface area (Å²) in [5.41, 5.74) is 2.07. The van der Waals surface area contributed by atoms with Gasteiger partial charge in [-0.3, -0.25) is 4.79 Å². The lowest BCUT2D eigenvalue weighted by Gasteiger charge is -2.29. The Hall–Kier alpha value is -2.87. The van der Waals surface area contributed by atoms with E-state index in [-0.39, 0.29) is 5.78 Å². The second-order valence-electron chi connectivity index (χ2n) is 6.15. The van der Waals surface area contributed by atoms with Gasteiger partial charge in [0.05, 0.1) is 0 Å². The van der Waals surface area contributed by atoms with Gasteiger partial charge in [-0.05, 0) is 18.6 Å². The fourth-order valence-corrected chi connectivity index (χ4v) is 3.13. The third-order valence-electron chi connectivity index (χ3n) is 4.57. The summed E-state index contributed by atoms with van der Waals surface area (Å²) in [5, 5.41) is 0. The van der Waals surface area contributed by atoms with Crippen molar-refractivity contribution in [2.24, 2.45) is 0 Å². The van der Waals surface area contributed by atoms with E-state index in [0.29, 0.717) is 12.0 Å². The number of benzene rings is 2. The van der Waals surface area contributed by atoms with Crippen molar-refractivity contribution < 1.29 is 9.53 Å². The number of hydrogen-bond acceptors (Lipinski definition) is 2. The predicted molar refractivity (Wildman–Crippen MR) is 102 cm³/mol. The molecular weight excluding hydrogens is 308 g/mol. The summed E-state index contributed by atoms with van der Waals surface area (Å²) >= 11 is 0. The van der Waals surface area contributed by atoms with Crippen LogP contribution >= 0.6 is 0 Å². The molecule has 1 aliphatic rings. The maximum absolute atomic E-state index is 12.7. The molecule has 0 aliphatic carbocycles. The summed E-state index contributed by atoms with van der Waals surface area (Å²) < 4.78 is 6.34. The minimum atomic E-state index is -0.530. The zero-order chi connectivity index (χ0) is 17.7. The van der Waals surface area contributed by atoms with E-state index in [0.717, 1.165) is 23.3 Å². The van der Waals surface area contributed by atoms with Crippen LogP contribution in [0.15, 0.2) is 91.0 Å². The number of hydrogen-bond donors (Lipinski definition) is 0. The van der Waals surface area contributed by atoms with E-state index in [2.05, 4.69) is 13.5 Å². The molecule has 1 aliphatic heterocycles. The molecule has 0 N–H and O–H groups in total. The standard InChI is InChI=1S/C23H22O2/c1-3-15-23(4-2)20(16-21(24)18-11-7-5-8-12-18)17-22(25-23)19-13-9-6-10-14-19/h3,5-14,16-17H,1,4,15H2,2H3/b20-16+. The van der Waals surface area contributed by atoms with Crippen molar-refractivity contribution >= 4 is 11.5 Å².